The molecule has 22 heavy (non-hydrogen) atoms. The highest BCUT2D eigenvalue weighted by atomic mass is 32.2. The lowest BCUT2D eigenvalue weighted by Crippen LogP contribution is -2.16. The first-order valence-electron chi connectivity index (χ1n) is 6.48. The maximum absolute atomic E-state index is 12.9. The first-order chi connectivity index (χ1) is 10.3. The van der Waals surface area contributed by atoms with E-state index in [1.807, 2.05) is 0 Å². The fourth-order valence-electron chi connectivity index (χ4n) is 1.96. The molecule has 0 aliphatic heterocycles. The molecule has 0 spiro atoms. The van der Waals surface area contributed by atoms with Crippen LogP contribution in [0.15, 0.2) is 47.4 Å². The van der Waals surface area contributed by atoms with E-state index < -0.39 is 21.8 Å². The topological polar surface area (TPSA) is 83.5 Å². The summed E-state index contributed by atoms with van der Waals surface area (Å²) in [7, 11) is -3.96. The lowest BCUT2D eigenvalue weighted by Gasteiger charge is -2.12. The zero-order valence-corrected chi connectivity index (χ0v) is 12.5. The van der Waals surface area contributed by atoms with E-state index in [0.29, 0.717) is 12.0 Å². The predicted molar refractivity (Wildman–Crippen MR) is 80.0 cm³/mol. The van der Waals surface area contributed by atoms with Gasteiger partial charge >= 0.3 is 5.97 Å². The average molecular weight is 323 g/mol. The number of sulfonamides is 1. The number of anilines is 1. The molecule has 0 saturated heterocycles. The van der Waals surface area contributed by atoms with Gasteiger partial charge in [0, 0.05) is 5.69 Å². The Morgan fingerprint density at radius 3 is 2.36 bits per heavy atom. The minimum atomic E-state index is -3.96. The number of carboxylic acid groups (broad SMARTS) is 1. The van der Waals surface area contributed by atoms with E-state index in [1.54, 1.807) is 6.92 Å². The summed E-state index contributed by atoms with van der Waals surface area (Å²) in [5, 5.41) is 9.00. The number of aromatic carboxylic acids is 1. The molecule has 0 aromatic heterocycles. The van der Waals surface area contributed by atoms with Crippen LogP contribution in [0.5, 0.6) is 0 Å². The van der Waals surface area contributed by atoms with Crippen molar-refractivity contribution in [3.63, 3.8) is 0 Å². The van der Waals surface area contributed by atoms with Crippen LogP contribution in [0.3, 0.4) is 0 Å². The van der Waals surface area contributed by atoms with Crippen molar-refractivity contribution in [1.29, 1.82) is 0 Å². The molecule has 0 aliphatic carbocycles. The Labute approximate surface area is 127 Å². The van der Waals surface area contributed by atoms with Crippen molar-refractivity contribution in [3.8, 4) is 0 Å². The van der Waals surface area contributed by atoms with E-state index in [-0.39, 0.29) is 16.1 Å². The van der Waals surface area contributed by atoms with E-state index in [1.165, 1.54) is 24.3 Å². The zero-order chi connectivity index (χ0) is 16.3. The summed E-state index contributed by atoms with van der Waals surface area (Å²) in [5.41, 5.74) is 0.584. The molecule has 0 fully saturated rings. The van der Waals surface area contributed by atoms with Crippen molar-refractivity contribution in [2.75, 3.05) is 4.72 Å². The lowest BCUT2D eigenvalue weighted by atomic mass is 10.1. The summed E-state index contributed by atoms with van der Waals surface area (Å²) in [6.45, 7) is 1.77. The highest BCUT2D eigenvalue weighted by Crippen LogP contribution is 2.22. The highest BCUT2D eigenvalue weighted by Gasteiger charge is 2.20. The smallest absolute Gasteiger partial charge is 0.335 e. The van der Waals surface area contributed by atoms with Crippen LogP contribution in [0.4, 0.5) is 10.1 Å². The van der Waals surface area contributed by atoms with E-state index >= 15 is 0 Å². The SMILES string of the molecule is CCc1ccc(C(=O)O)cc1S(=O)(=O)Nc1ccc(F)cc1. The quantitative estimate of drug-likeness (QED) is 0.886. The molecule has 0 aliphatic rings. The van der Waals surface area contributed by atoms with Crippen molar-refractivity contribution in [3.05, 3.63) is 59.4 Å². The Morgan fingerprint density at radius 2 is 1.82 bits per heavy atom. The fourth-order valence-corrected chi connectivity index (χ4v) is 3.35. The molecule has 7 heteroatoms. The maximum Gasteiger partial charge on any atom is 0.335 e. The van der Waals surface area contributed by atoms with Crippen LogP contribution in [-0.2, 0) is 16.4 Å². The summed E-state index contributed by atoms with van der Waals surface area (Å²) in [6, 6.07) is 8.80. The van der Waals surface area contributed by atoms with Gasteiger partial charge in [0.2, 0.25) is 0 Å². The van der Waals surface area contributed by atoms with Gasteiger partial charge in [-0.05, 0) is 48.4 Å². The van der Waals surface area contributed by atoms with Crippen LogP contribution in [0.1, 0.15) is 22.8 Å². The zero-order valence-electron chi connectivity index (χ0n) is 11.7. The molecule has 0 saturated carbocycles. The Bertz CT molecular complexity index is 801. The van der Waals surface area contributed by atoms with E-state index in [0.717, 1.165) is 18.2 Å². The molecule has 0 amide bonds. The van der Waals surface area contributed by atoms with E-state index in [4.69, 9.17) is 5.11 Å². The van der Waals surface area contributed by atoms with Gasteiger partial charge in [0.1, 0.15) is 5.82 Å². The van der Waals surface area contributed by atoms with Crippen molar-refractivity contribution < 1.29 is 22.7 Å². The van der Waals surface area contributed by atoms with Gasteiger partial charge in [-0.15, -0.1) is 0 Å². The van der Waals surface area contributed by atoms with Crippen LogP contribution in [-0.4, -0.2) is 19.5 Å². The summed E-state index contributed by atoms with van der Waals surface area (Å²) in [4.78, 5) is 10.9. The Balaban J connectivity index is 2.45. The number of carboxylic acids is 1. The molecule has 5 nitrogen and oxygen atoms in total. The Hall–Kier alpha value is -2.41. The molecule has 116 valence electrons. The number of halogens is 1. The normalized spacial score (nSPS) is 11.2. The van der Waals surface area contributed by atoms with Gasteiger partial charge in [-0.1, -0.05) is 13.0 Å². The second-order valence-electron chi connectivity index (χ2n) is 4.59. The van der Waals surface area contributed by atoms with Gasteiger partial charge in [-0.25, -0.2) is 17.6 Å². The number of nitrogens with one attached hydrogen (secondary N) is 1. The molecular formula is C15H14FNO4S. The van der Waals surface area contributed by atoms with Crippen LogP contribution in [0.2, 0.25) is 0 Å². The van der Waals surface area contributed by atoms with Crippen LogP contribution in [0.25, 0.3) is 0 Å². The van der Waals surface area contributed by atoms with Crippen LogP contribution < -0.4 is 4.72 Å². The first kappa shape index (κ1) is 16.0. The third-order valence-corrected chi connectivity index (χ3v) is 4.54. The Kier molecular flexibility index (Phi) is 4.46. The number of benzene rings is 2. The number of aryl methyl sites for hydroxylation is 1. The minimum absolute atomic E-state index is 0.0979. The third-order valence-electron chi connectivity index (χ3n) is 3.08. The van der Waals surface area contributed by atoms with Crippen LogP contribution >= 0.6 is 0 Å². The number of carbonyl (C=O) groups is 1. The molecule has 2 aromatic carbocycles. The molecule has 0 unspecified atom stereocenters. The molecule has 0 atom stereocenters. The van der Waals surface area contributed by atoms with Gasteiger partial charge in [0.25, 0.3) is 10.0 Å². The van der Waals surface area contributed by atoms with E-state index in [9.17, 15) is 17.6 Å². The summed E-state index contributed by atoms with van der Waals surface area (Å²) in [6.07, 6.45) is 0.430. The largest absolute Gasteiger partial charge is 0.478 e. The lowest BCUT2D eigenvalue weighted by molar-refractivity contribution is 0.0696. The van der Waals surface area contributed by atoms with Gasteiger partial charge in [0.05, 0.1) is 10.5 Å². The van der Waals surface area contributed by atoms with Gasteiger partial charge < -0.3 is 5.11 Å². The minimum Gasteiger partial charge on any atom is -0.478 e. The predicted octanol–water partition coefficient (Wildman–Crippen LogP) is 2.89. The van der Waals surface area contributed by atoms with Gasteiger partial charge in [-0.3, -0.25) is 4.72 Å². The molecule has 0 radical (unpaired) electrons. The summed E-state index contributed by atoms with van der Waals surface area (Å²) in [5.74, 6) is -1.69. The highest BCUT2D eigenvalue weighted by molar-refractivity contribution is 7.92. The molecule has 2 N–H and O–H groups in total. The average Bonchev–Trinajstić information content (AvgIpc) is 2.48. The molecular weight excluding hydrogens is 309 g/mol. The van der Waals surface area contributed by atoms with Crippen molar-refractivity contribution in [2.24, 2.45) is 0 Å². The van der Waals surface area contributed by atoms with Crippen LogP contribution in [0, 0.1) is 5.82 Å². The second-order valence-corrected chi connectivity index (χ2v) is 6.24. The fraction of sp³-hybridized carbons (Fsp3) is 0.133. The Morgan fingerprint density at radius 1 is 1.18 bits per heavy atom. The van der Waals surface area contributed by atoms with Gasteiger partial charge in [-0.2, -0.15) is 0 Å². The summed E-state index contributed by atoms with van der Waals surface area (Å²) >= 11 is 0. The summed E-state index contributed by atoms with van der Waals surface area (Å²) < 4.78 is 40.1. The number of rotatable bonds is 5. The van der Waals surface area contributed by atoms with Crippen molar-refractivity contribution in [1.82, 2.24) is 0 Å². The first-order valence-corrected chi connectivity index (χ1v) is 7.96. The standard InChI is InChI=1S/C15H14FNO4S/c1-2-10-3-4-11(15(18)19)9-14(10)22(20,21)17-13-7-5-12(16)6-8-13/h3-9,17H,2H2,1H3,(H,18,19). The number of hydrogen-bond donors (Lipinski definition) is 2. The maximum atomic E-state index is 12.9. The number of hydrogen-bond acceptors (Lipinski definition) is 3. The van der Waals surface area contributed by atoms with Crippen molar-refractivity contribution in [2.45, 2.75) is 18.2 Å². The van der Waals surface area contributed by atoms with Gasteiger partial charge in [0.15, 0.2) is 0 Å². The second kappa shape index (κ2) is 6.15. The van der Waals surface area contributed by atoms with Crippen molar-refractivity contribution >= 4 is 21.7 Å². The molecule has 0 heterocycles. The monoisotopic (exact) mass is 323 g/mol. The third kappa shape index (κ3) is 3.43. The van der Waals surface area contributed by atoms with E-state index in [2.05, 4.69) is 4.72 Å². The molecule has 2 aromatic rings. The molecule has 2 rings (SSSR count). The molecule has 0 bridgehead atoms.